The van der Waals surface area contributed by atoms with E-state index in [1.807, 2.05) is 13.0 Å². The molecule has 2 heterocycles. The first kappa shape index (κ1) is 13.4. The van der Waals surface area contributed by atoms with Crippen LogP contribution in [0.1, 0.15) is 49.4 Å². The number of hydrogen-bond acceptors (Lipinski definition) is 3. The van der Waals surface area contributed by atoms with Crippen molar-refractivity contribution in [1.29, 1.82) is 0 Å². The van der Waals surface area contributed by atoms with Crippen LogP contribution in [0.4, 0.5) is 5.69 Å². The van der Waals surface area contributed by atoms with Crippen molar-refractivity contribution >= 4 is 11.6 Å². The Labute approximate surface area is 120 Å². The lowest BCUT2D eigenvalue weighted by molar-refractivity contribution is 0.0691. The van der Waals surface area contributed by atoms with Crippen molar-refractivity contribution in [3.63, 3.8) is 0 Å². The van der Waals surface area contributed by atoms with E-state index in [0.29, 0.717) is 6.04 Å². The molecule has 1 saturated carbocycles. The van der Waals surface area contributed by atoms with Gasteiger partial charge in [-0.15, -0.1) is 0 Å². The summed E-state index contributed by atoms with van der Waals surface area (Å²) in [6.07, 6.45) is 9.72. The molecule has 0 radical (unpaired) electrons. The number of aromatic nitrogens is 1. The maximum absolute atomic E-state index is 12.9. The number of carbonyl (C=O) groups is 1. The zero-order valence-electron chi connectivity index (χ0n) is 12.1. The number of fused-ring (bicyclic) bond motifs is 1. The first-order valence-electron chi connectivity index (χ1n) is 7.80. The van der Waals surface area contributed by atoms with Crippen molar-refractivity contribution in [3.8, 4) is 0 Å². The smallest absolute Gasteiger partial charge is 0.256 e. The Morgan fingerprint density at radius 1 is 1.40 bits per heavy atom. The normalized spacial score (nSPS) is 25.4. The van der Waals surface area contributed by atoms with Crippen LogP contribution >= 0.6 is 0 Å². The van der Waals surface area contributed by atoms with Gasteiger partial charge in [0.15, 0.2) is 0 Å². The maximum atomic E-state index is 12.9. The van der Waals surface area contributed by atoms with Gasteiger partial charge in [0.05, 0.1) is 17.4 Å². The second-order valence-electron chi connectivity index (χ2n) is 5.85. The highest BCUT2D eigenvalue weighted by Gasteiger charge is 2.38. The van der Waals surface area contributed by atoms with E-state index in [1.54, 1.807) is 12.4 Å². The molecule has 1 aromatic rings. The van der Waals surface area contributed by atoms with E-state index >= 15 is 0 Å². The fourth-order valence-electron chi connectivity index (χ4n) is 3.73. The molecule has 0 spiro atoms. The first-order chi connectivity index (χ1) is 9.81. The summed E-state index contributed by atoms with van der Waals surface area (Å²) in [6, 6.07) is 2.31. The molecule has 4 nitrogen and oxygen atoms in total. The third kappa shape index (κ3) is 2.39. The van der Waals surface area contributed by atoms with Crippen molar-refractivity contribution in [1.82, 2.24) is 9.88 Å². The van der Waals surface area contributed by atoms with E-state index in [0.717, 1.165) is 30.3 Å². The summed E-state index contributed by atoms with van der Waals surface area (Å²) in [5.41, 5.74) is 1.63. The minimum atomic E-state index is 0.178. The molecular formula is C16H23N3O. The van der Waals surface area contributed by atoms with Crippen molar-refractivity contribution < 1.29 is 4.79 Å². The molecule has 1 aromatic heterocycles. The second-order valence-corrected chi connectivity index (χ2v) is 5.85. The number of anilines is 1. The van der Waals surface area contributed by atoms with E-state index in [-0.39, 0.29) is 5.91 Å². The van der Waals surface area contributed by atoms with Crippen LogP contribution in [-0.4, -0.2) is 34.9 Å². The largest absolute Gasteiger partial charge is 0.383 e. The summed E-state index contributed by atoms with van der Waals surface area (Å²) in [4.78, 5) is 19.1. The number of likely N-dealkylation sites (tertiary alicyclic amines) is 1. The van der Waals surface area contributed by atoms with Gasteiger partial charge in [0.1, 0.15) is 0 Å². The van der Waals surface area contributed by atoms with Gasteiger partial charge in [0, 0.05) is 25.3 Å². The van der Waals surface area contributed by atoms with Crippen LogP contribution in [-0.2, 0) is 0 Å². The third-order valence-corrected chi connectivity index (χ3v) is 4.69. The summed E-state index contributed by atoms with van der Waals surface area (Å²) in [6.45, 7) is 3.76. The van der Waals surface area contributed by atoms with Gasteiger partial charge in [0.2, 0.25) is 0 Å². The Morgan fingerprint density at radius 2 is 2.25 bits per heavy atom. The summed E-state index contributed by atoms with van der Waals surface area (Å²) < 4.78 is 0. The topological polar surface area (TPSA) is 45.2 Å². The minimum absolute atomic E-state index is 0.178. The Bertz CT molecular complexity index is 488. The first-order valence-corrected chi connectivity index (χ1v) is 7.80. The van der Waals surface area contributed by atoms with Gasteiger partial charge in [0.25, 0.3) is 5.91 Å². The van der Waals surface area contributed by atoms with E-state index in [1.165, 1.54) is 32.1 Å². The highest BCUT2D eigenvalue weighted by Crippen LogP contribution is 2.37. The lowest BCUT2D eigenvalue weighted by atomic mass is 9.85. The molecule has 108 valence electrons. The van der Waals surface area contributed by atoms with Gasteiger partial charge in [-0.2, -0.15) is 0 Å². The Hall–Kier alpha value is -1.58. The molecule has 2 atom stereocenters. The average molecular weight is 273 g/mol. The monoisotopic (exact) mass is 273 g/mol. The molecule has 2 aliphatic rings. The zero-order valence-corrected chi connectivity index (χ0v) is 12.1. The second kappa shape index (κ2) is 5.81. The fraction of sp³-hybridized carbons (Fsp3) is 0.625. The number of amides is 1. The summed E-state index contributed by atoms with van der Waals surface area (Å²) in [5.74, 6) is 0.912. The lowest BCUT2D eigenvalue weighted by Crippen LogP contribution is -2.39. The molecule has 1 amide bonds. The molecular weight excluding hydrogens is 250 g/mol. The van der Waals surface area contributed by atoms with Gasteiger partial charge >= 0.3 is 0 Å². The summed E-state index contributed by atoms with van der Waals surface area (Å²) in [5, 5.41) is 3.24. The molecule has 2 unspecified atom stereocenters. The predicted octanol–water partition coefficient (Wildman–Crippen LogP) is 2.92. The highest BCUT2D eigenvalue weighted by atomic mass is 16.2. The fourth-order valence-corrected chi connectivity index (χ4v) is 3.73. The maximum Gasteiger partial charge on any atom is 0.256 e. The van der Waals surface area contributed by atoms with Gasteiger partial charge in [-0.3, -0.25) is 9.78 Å². The molecule has 1 N–H and O–H groups in total. The predicted molar refractivity (Wildman–Crippen MR) is 79.8 cm³/mol. The van der Waals surface area contributed by atoms with Crippen LogP contribution in [0.3, 0.4) is 0 Å². The zero-order chi connectivity index (χ0) is 13.9. The van der Waals surface area contributed by atoms with E-state index in [2.05, 4.69) is 15.2 Å². The summed E-state index contributed by atoms with van der Waals surface area (Å²) in [7, 11) is 0. The Kier molecular flexibility index (Phi) is 3.90. The number of nitrogens with zero attached hydrogens (tertiary/aromatic N) is 2. The van der Waals surface area contributed by atoms with Crippen LogP contribution in [0.5, 0.6) is 0 Å². The Balaban J connectivity index is 1.82. The van der Waals surface area contributed by atoms with Crippen molar-refractivity contribution in [2.24, 2.45) is 5.92 Å². The average Bonchev–Trinajstić information content (AvgIpc) is 2.91. The SMILES string of the molecule is CCNc1cnccc1C(=O)N1CCC2CCCCC21. The van der Waals surface area contributed by atoms with Crippen LogP contribution in [0.25, 0.3) is 0 Å². The standard InChI is InChI=1S/C16H23N3O/c1-2-18-14-11-17-9-7-13(14)16(20)19-10-8-12-5-3-4-6-15(12)19/h7,9,11-12,15,18H,2-6,8,10H2,1H3. The van der Waals surface area contributed by atoms with Crippen molar-refractivity contribution in [2.45, 2.75) is 45.1 Å². The van der Waals surface area contributed by atoms with Gasteiger partial charge in [-0.25, -0.2) is 0 Å². The minimum Gasteiger partial charge on any atom is -0.383 e. The molecule has 1 aliphatic heterocycles. The molecule has 20 heavy (non-hydrogen) atoms. The van der Waals surface area contributed by atoms with E-state index in [4.69, 9.17) is 0 Å². The van der Waals surface area contributed by atoms with Gasteiger partial charge in [-0.1, -0.05) is 12.8 Å². The molecule has 1 saturated heterocycles. The van der Waals surface area contributed by atoms with Crippen LogP contribution in [0.2, 0.25) is 0 Å². The van der Waals surface area contributed by atoms with Gasteiger partial charge in [-0.05, 0) is 38.2 Å². The van der Waals surface area contributed by atoms with Crippen molar-refractivity contribution in [3.05, 3.63) is 24.0 Å². The number of rotatable bonds is 3. The Morgan fingerprint density at radius 3 is 3.10 bits per heavy atom. The summed E-state index contributed by atoms with van der Waals surface area (Å²) >= 11 is 0. The highest BCUT2D eigenvalue weighted by molar-refractivity contribution is 5.99. The van der Waals surface area contributed by atoms with Crippen LogP contribution in [0, 0.1) is 5.92 Å². The van der Waals surface area contributed by atoms with Crippen LogP contribution < -0.4 is 5.32 Å². The number of hydrogen-bond donors (Lipinski definition) is 1. The van der Waals surface area contributed by atoms with E-state index < -0.39 is 0 Å². The molecule has 1 aliphatic carbocycles. The molecule has 4 heteroatoms. The molecule has 0 aromatic carbocycles. The van der Waals surface area contributed by atoms with Crippen LogP contribution in [0.15, 0.2) is 18.5 Å². The number of nitrogens with one attached hydrogen (secondary N) is 1. The quantitative estimate of drug-likeness (QED) is 0.921. The third-order valence-electron chi connectivity index (χ3n) is 4.69. The number of carbonyl (C=O) groups excluding carboxylic acids is 1. The molecule has 3 rings (SSSR count). The van der Waals surface area contributed by atoms with E-state index in [9.17, 15) is 4.79 Å². The molecule has 2 fully saturated rings. The lowest BCUT2D eigenvalue weighted by Gasteiger charge is -2.32. The number of pyridine rings is 1. The van der Waals surface area contributed by atoms with Crippen molar-refractivity contribution in [2.75, 3.05) is 18.4 Å². The van der Waals surface area contributed by atoms with Gasteiger partial charge < -0.3 is 10.2 Å². The molecule has 0 bridgehead atoms.